The number of rotatable bonds is 48. The molecule has 8 nitrogen and oxygen atoms in total. The minimum absolute atomic E-state index is 0.138. The highest BCUT2D eigenvalue weighted by molar-refractivity contribution is 7.47. The van der Waals surface area contributed by atoms with Crippen molar-refractivity contribution >= 4 is 7.82 Å². The zero-order valence-electron chi connectivity index (χ0n) is 36.7. The van der Waals surface area contributed by atoms with E-state index in [1.807, 2.05) is 0 Å². The van der Waals surface area contributed by atoms with Gasteiger partial charge in [0, 0.05) is 13.2 Å². The monoisotopic (exact) mass is 807 g/mol. The van der Waals surface area contributed by atoms with E-state index in [1.165, 1.54) is 205 Å². The molecule has 9 heteroatoms. The number of hydrogen-bond acceptors (Lipinski definition) is 7. The van der Waals surface area contributed by atoms with Crippen molar-refractivity contribution in [2.24, 2.45) is 0 Å². The van der Waals surface area contributed by atoms with Crippen molar-refractivity contribution in [2.45, 2.75) is 257 Å². The fourth-order valence-corrected chi connectivity index (χ4v) is 7.96. The lowest BCUT2D eigenvalue weighted by molar-refractivity contribution is -0.0462. The van der Waals surface area contributed by atoms with Crippen molar-refractivity contribution in [1.29, 1.82) is 0 Å². The number of aliphatic hydroxyl groups excluding tert-OH is 2. The van der Waals surface area contributed by atoms with Crippen LogP contribution in [0, 0.1) is 0 Å². The topological polar surface area (TPSA) is 115 Å². The molecular formula is C46H95O8P. The summed E-state index contributed by atoms with van der Waals surface area (Å²) < 4.78 is 34.2. The van der Waals surface area contributed by atoms with Crippen LogP contribution in [0.15, 0.2) is 0 Å². The summed E-state index contributed by atoms with van der Waals surface area (Å²) >= 11 is 0. The van der Waals surface area contributed by atoms with Gasteiger partial charge >= 0.3 is 7.82 Å². The zero-order valence-corrected chi connectivity index (χ0v) is 37.6. The van der Waals surface area contributed by atoms with Crippen LogP contribution in [-0.2, 0) is 23.1 Å². The molecular weight excluding hydrogens is 711 g/mol. The van der Waals surface area contributed by atoms with Gasteiger partial charge < -0.3 is 24.6 Å². The van der Waals surface area contributed by atoms with Crippen LogP contribution in [0.25, 0.3) is 0 Å². The molecule has 0 aliphatic rings. The first-order chi connectivity index (χ1) is 26.9. The van der Waals surface area contributed by atoms with E-state index in [0.29, 0.717) is 13.2 Å². The molecule has 0 rings (SSSR count). The highest BCUT2D eigenvalue weighted by Crippen LogP contribution is 2.43. The normalized spacial score (nSPS) is 14.1. The molecule has 0 bridgehead atoms. The van der Waals surface area contributed by atoms with Crippen molar-refractivity contribution in [1.82, 2.24) is 0 Å². The van der Waals surface area contributed by atoms with Gasteiger partial charge in [0.2, 0.25) is 0 Å². The van der Waals surface area contributed by atoms with E-state index in [9.17, 15) is 14.6 Å². The van der Waals surface area contributed by atoms with Gasteiger partial charge in [0.05, 0.1) is 26.4 Å². The van der Waals surface area contributed by atoms with Gasteiger partial charge in [0.1, 0.15) is 12.2 Å². The lowest BCUT2D eigenvalue weighted by atomic mass is 10.0. The van der Waals surface area contributed by atoms with Gasteiger partial charge in [-0.25, -0.2) is 4.57 Å². The van der Waals surface area contributed by atoms with Crippen LogP contribution in [0.2, 0.25) is 0 Å². The molecule has 55 heavy (non-hydrogen) atoms. The standard InChI is InChI=1S/C46H95O8P/c1-3-5-7-9-11-13-15-17-19-21-23-25-27-29-31-33-35-37-39-51-43-46(44-54-55(49,50)53-42-45(48)41-47)52-40-38-36-34-32-30-28-26-24-22-20-18-16-14-12-10-8-6-4-2/h45-48H,3-44H2,1-2H3,(H,49,50). The number of aliphatic hydroxyl groups is 2. The van der Waals surface area contributed by atoms with E-state index in [1.54, 1.807) is 0 Å². The van der Waals surface area contributed by atoms with Gasteiger partial charge in [-0.15, -0.1) is 0 Å². The molecule has 3 atom stereocenters. The molecule has 0 amide bonds. The molecule has 0 fully saturated rings. The third kappa shape index (κ3) is 44.9. The molecule has 3 unspecified atom stereocenters. The Bertz CT molecular complexity index is 772. The van der Waals surface area contributed by atoms with Crippen LogP contribution in [0.1, 0.15) is 245 Å². The number of ether oxygens (including phenoxy) is 2. The van der Waals surface area contributed by atoms with E-state index in [0.717, 1.165) is 25.7 Å². The second kappa shape index (κ2) is 45.0. The number of phosphoric ester groups is 1. The maximum atomic E-state index is 12.3. The first-order valence-corrected chi connectivity index (χ1v) is 25.5. The largest absolute Gasteiger partial charge is 0.472 e. The van der Waals surface area contributed by atoms with Crippen molar-refractivity contribution < 1.29 is 38.2 Å². The third-order valence-corrected chi connectivity index (χ3v) is 11.8. The maximum Gasteiger partial charge on any atom is 0.472 e. The Morgan fingerprint density at radius 1 is 0.418 bits per heavy atom. The molecule has 0 saturated heterocycles. The van der Waals surface area contributed by atoms with Crippen LogP contribution in [0.3, 0.4) is 0 Å². The molecule has 0 saturated carbocycles. The van der Waals surface area contributed by atoms with Crippen LogP contribution in [0.4, 0.5) is 0 Å². The van der Waals surface area contributed by atoms with Crippen molar-refractivity contribution in [3.05, 3.63) is 0 Å². The Hall–Kier alpha value is -0.0500. The smallest absolute Gasteiger partial charge is 0.394 e. The van der Waals surface area contributed by atoms with E-state index >= 15 is 0 Å². The van der Waals surface area contributed by atoms with Gasteiger partial charge in [-0.05, 0) is 12.8 Å². The van der Waals surface area contributed by atoms with Crippen molar-refractivity contribution in [3.8, 4) is 0 Å². The third-order valence-electron chi connectivity index (χ3n) is 10.9. The van der Waals surface area contributed by atoms with Crippen LogP contribution in [0.5, 0.6) is 0 Å². The van der Waals surface area contributed by atoms with Gasteiger partial charge in [-0.1, -0.05) is 232 Å². The summed E-state index contributed by atoms with van der Waals surface area (Å²) in [6, 6.07) is 0. The number of hydrogen-bond donors (Lipinski definition) is 3. The molecule has 3 N–H and O–H groups in total. The van der Waals surface area contributed by atoms with E-state index < -0.39 is 33.2 Å². The summed E-state index contributed by atoms with van der Waals surface area (Å²) in [6.45, 7) is 4.86. The van der Waals surface area contributed by atoms with Gasteiger partial charge in [-0.2, -0.15) is 0 Å². The molecule has 0 spiro atoms. The van der Waals surface area contributed by atoms with Gasteiger partial charge in [0.25, 0.3) is 0 Å². The summed E-state index contributed by atoms with van der Waals surface area (Å²) in [4.78, 5) is 10.0. The fourth-order valence-electron chi connectivity index (χ4n) is 7.17. The predicted octanol–water partition coefficient (Wildman–Crippen LogP) is 14.0. The molecule has 0 aliphatic carbocycles. The molecule has 0 aromatic carbocycles. The average Bonchev–Trinajstić information content (AvgIpc) is 3.18. The minimum atomic E-state index is -4.38. The van der Waals surface area contributed by atoms with Gasteiger partial charge in [0.15, 0.2) is 0 Å². The predicted molar refractivity (Wildman–Crippen MR) is 233 cm³/mol. The van der Waals surface area contributed by atoms with E-state index in [2.05, 4.69) is 13.8 Å². The molecule has 0 aliphatic heterocycles. The highest BCUT2D eigenvalue weighted by atomic mass is 31.2. The molecule has 0 aromatic heterocycles. The first-order valence-electron chi connectivity index (χ1n) is 24.0. The summed E-state index contributed by atoms with van der Waals surface area (Å²) in [6.07, 6.45) is 46.4. The second-order valence-corrected chi connectivity index (χ2v) is 17.9. The SMILES string of the molecule is CCCCCCCCCCCCCCCCCCCCOCC(COP(=O)(O)OCC(O)CO)OCCCCCCCCCCCCCCCCCCCC. The summed E-state index contributed by atoms with van der Waals surface area (Å²) in [7, 11) is -4.38. The van der Waals surface area contributed by atoms with E-state index in [4.69, 9.17) is 23.6 Å². The highest BCUT2D eigenvalue weighted by Gasteiger charge is 2.25. The number of phosphoric acid groups is 1. The lowest BCUT2D eigenvalue weighted by Crippen LogP contribution is -2.27. The molecule has 0 aromatic rings. The second-order valence-electron chi connectivity index (χ2n) is 16.5. The van der Waals surface area contributed by atoms with Gasteiger partial charge in [-0.3, -0.25) is 9.05 Å². The summed E-state index contributed by atoms with van der Waals surface area (Å²) in [5.74, 6) is 0. The molecule has 0 radical (unpaired) electrons. The molecule has 0 heterocycles. The summed E-state index contributed by atoms with van der Waals surface area (Å²) in [5, 5.41) is 18.4. The maximum absolute atomic E-state index is 12.3. The molecule has 332 valence electrons. The van der Waals surface area contributed by atoms with Crippen molar-refractivity contribution in [3.63, 3.8) is 0 Å². The Kier molecular flexibility index (Phi) is 45.0. The Morgan fingerprint density at radius 2 is 0.709 bits per heavy atom. The van der Waals surface area contributed by atoms with Crippen LogP contribution in [-0.4, -0.2) is 67.0 Å². The fraction of sp³-hybridized carbons (Fsp3) is 1.00. The van der Waals surface area contributed by atoms with Crippen LogP contribution >= 0.6 is 7.82 Å². The zero-order chi connectivity index (χ0) is 40.2. The lowest BCUT2D eigenvalue weighted by Gasteiger charge is -2.20. The first kappa shape index (κ1) is 55.0. The minimum Gasteiger partial charge on any atom is -0.394 e. The van der Waals surface area contributed by atoms with Crippen molar-refractivity contribution in [2.75, 3.05) is 39.6 Å². The Morgan fingerprint density at radius 3 is 1.04 bits per heavy atom. The Labute approximate surface area is 342 Å². The van der Waals surface area contributed by atoms with Crippen LogP contribution < -0.4 is 0 Å². The number of unbranched alkanes of at least 4 members (excludes halogenated alkanes) is 34. The Balaban J connectivity index is 3.93. The quantitative estimate of drug-likeness (QED) is 0.0411. The van der Waals surface area contributed by atoms with E-state index in [-0.39, 0.29) is 13.2 Å². The average molecular weight is 807 g/mol. The summed E-state index contributed by atoms with van der Waals surface area (Å²) in [5.41, 5.74) is 0.